The summed E-state index contributed by atoms with van der Waals surface area (Å²) in [5.41, 5.74) is 5.61. The molecule has 3 N–H and O–H groups in total. The second kappa shape index (κ2) is 2.35. The lowest BCUT2D eigenvalue weighted by Crippen LogP contribution is -2.23. The molecule has 9 heavy (non-hydrogen) atoms. The Kier molecular flexibility index (Phi) is 1.53. The van der Waals surface area contributed by atoms with Gasteiger partial charge in [-0.25, -0.2) is 0 Å². The summed E-state index contributed by atoms with van der Waals surface area (Å²) in [5, 5.41) is 2.87. The van der Waals surface area contributed by atoms with Crippen LogP contribution >= 0.6 is 0 Å². The number of amides is 1. The van der Waals surface area contributed by atoms with Gasteiger partial charge in [0.15, 0.2) is 0 Å². The van der Waals surface area contributed by atoms with Crippen LogP contribution in [0.3, 0.4) is 0 Å². The molecular formula is C6H10N2O. The van der Waals surface area contributed by atoms with Crippen LogP contribution in [0.5, 0.6) is 0 Å². The summed E-state index contributed by atoms with van der Waals surface area (Å²) in [6.45, 7) is 0.547. The Labute approximate surface area is 54.7 Å². The highest BCUT2D eigenvalue weighted by molar-refractivity contribution is 5.92. The molecule has 0 atom stereocenters. The van der Waals surface area contributed by atoms with Crippen LogP contribution in [0.25, 0.3) is 0 Å². The second-order valence-corrected chi connectivity index (χ2v) is 1.80. The van der Waals surface area contributed by atoms with Crippen molar-refractivity contribution in [1.29, 1.82) is 0 Å². The third kappa shape index (κ3) is 1.32. The van der Waals surface area contributed by atoms with Gasteiger partial charge in [-0.15, -0.1) is 0 Å². The molecule has 0 saturated carbocycles. The summed E-state index contributed by atoms with van der Waals surface area (Å²) in [4.78, 5) is 10.4. The molecule has 0 fully saturated rings. The first-order valence-electron chi connectivity index (χ1n) is 2.69. The lowest BCUT2D eigenvalue weighted by atomic mass is 10.2. The summed E-state index contributed by atoms with van der Waals surface area (Å²) in [7, 11) is 0. The van der Waals surface area contributed by atoms with E-state index in [1.807, 2.05) is 0 Å². The highest BCUT2D eigenvalue weighted by Crippen LogP contribution is 1.95. The molecule has 0 unspecified atom stereocenters. The Balaban J connectivity index is 0.000000810. The molecule has 0 bridgehead atoms. The zero-order chi connectivity index (χ0) is 6.69. The molecule has 1 rings (SSSR count). The smallest absolute Gasteiger partial charge is 0.246 e. The summed E-state index contributed by atoms with van der Waals surface area (Å²) >= 11 is 0. The van der Waals surface area contributed by atoms with Crippen LogP contribution in [-0.4, -0.2) is 12.5 Å². The van der Waals surface area contributed by atoms with Gasteiger partial charge < -0.3 is 11.1 Å². The molecule has 0 aromatic heterocycles. The van der Waals surface area contributed by atoms with E-state index >= 15 is 0 Å². The van der Waals surface area contributed by atoms with Gasteiger partial charge in [-0.2, -0.15) is 0 Å². The fraction of sp³-hybridized carbons (Fsp3) is 0.167. The third-order valence-corrected chi connectivity index (χ3v) is 1.12. The van der Waals surface area contributed by atoms with Crippen LogP contribution in [0, 0.1) is 0 Å². The fourth-order valence-corrected chi connectivity index (χ4v) is 0.629. The largest absolute Gasteiger partial charge is 0.387 e. The minimum atomic E-state index is -0.355. The molecule has 0 radical (unpaired) electrons. The molecule has 0 aliphatic carbocycles. The maximum absolute atomic E-state index is 10.4. The van der Waals surface area contributed by atoms with Crippen molar-refractivity contribution in [2.75, 3.05) is 6.54 Å². The zero-order valence-corrected chi connectivity index (χ0v) is 4.92. The summed E-state index contributed by atoms with van der Waals surface area (Å²) in [6.07, 6.45) is 5.23. The summed E-state index contributed by atoms with van der Waals surface area (Å²) in [6, 6.07) is 0. The number of rotatable bonds is 1. The first-order valence-corrected chi connectivity index (χ1v) is 2.69. The maximum Gasteiger partial charge on any atom is 0.246 e. The van der Waals surface area contributed by atoms with Crippen LogP contribution in [0.1, 0.15) is 1.43 Å². The van der Waals surface area contributed by atoms with E-state index in [1.165, 1.54) is 0 Å². The van der Waals surface area contributed by atoms with Crippen LogP contribution in [0.15, 0.2) is 23.9 Å². The fourth-order valence-electron chi connectivity index (χ4n) is 0.629. The van der Waals surface area contributed by atoms with Crippen molar-refractivity contribution < 1.29 is 6.22 Å². The van der Waals surface area contributed by atoms with Crippen molar-refractivity contribution in [1.82, 2.24) is 5.32 Å². The first kappa shape index (κ1) is 5.88. The van der Waals surface area contributed by atoms with Gasteiger partial charge in [0.05, 0.1) is 0 Å². The number of carbonyl (C=O) groups is 1. The molecule has 1 heterocycles. The normalized spacial score (nSPS) is 16.2. The average Bonchev–Trinajstić information content (AvgIpc) is 1.90. The Morgan fingerprint density at radius 1 is 1.89 bits per heavy atom. The third-order valence-electron chi connectivity index (χ3n) is 1.12. The van der Waals surface area contributed by atoms with Crippen molar-refractivity contribution in [3.8, 4) is 0 Å². The molecule has 0 saturated heterocycles. The Hall–Kier alpha value is -1.25. The predicted octanol–water partition coefficient (Wildman–Crippen LogP) is -0.239. The molecule has 50 valence electrons. The topological polar surface area (TPSA) is 55.1 Å². The highest BCUT2D eigenvalue weighted by Gasteiger charge is 2.02. The minimum Gasteiger partial charge on any atom is -0.387 e. The Morgan fingerprint density at radius 2 is 2.67 bits per heavy atom. The van der Waals surface area contributed by atoms with Crippen LogP contribution < -0.4 is 11.1 Å². The number of hydrogen-bond donors (Lipinski definition) is 2. The predicted molar refractivity (Wildman–Crippen MR) is 36.5 cm³/mol. The van der Waals surface area contributed by atoms with Crippen LogP contribution in [0.2, 0.25) is 0 Å². The van der Waals surface area contributed by atoms with E-state index < -0.39 is 0 Å². The minimum absolute atomic E-state index is 0. The van der Waals surface area contributed by atoms with Crippen LogP contribution in [0.4, 0.5) is 0 Å². The van der Waals surface area contributed by atoms with Gasteiger partial charge in [0.2, 0.25) is 5.91 Å². The average molecular weight is 126 g/mol. The number of allylic oxidation sites excluding steroid dienone is 2. The van der Waals surface area contributed by atoms with Crippen molar-refractivity contribution in [2.45, 2.75) is 0 Å². The van der Waals surface area contributed by atoms with E-state index in [0.29, 0.717) is 12.1 Å². The molecule has 0 aromatic carbocycles. The van der Waals surface area contributed by atoms with E-state index in [0.717, 1.165) is 0 Å². The van der Waals surface area contributed by atoms with E-state index in [9.17, 15) is 4.79 Å². The monoisotopic (exact) mass is 126 g/mol. The van der Waals surface area contributed by atoms with Crippen molar-refractivity contribution >= 4 is 5.91 Å². The Bertz CT molecular complexity index is 186. The molecule has 0 aromatic rings. The lowest BCUT2D eigenvalue weighted by molar-refractivity contribution is -0.114. The van der Waals surface area contributed by atoms with E-state index in [-0.39, 0.29) is 7.33 Å². The van der Waals surface area contributed by atoms with Crippen LogP contribution in [-0.2, 0) is 4.79 Å². The second-order valence-electron chi connectivity index (χ2n) is 1.80. The number of carbonyl (C=O) groups excluding carboxylic acids is 1. The summed E-state index contributed by atoms with van der Waals surface area (Å²) < 4.78 is 0. The Morgan fingerprint density at radius 3 is 3.00 bits per heavy atom. The van der Waals surface area contributed by atoms with E-state index in [2.05, 4.69) is 5.32 Å². The van der Waals surface area contributed by atoms with E-state index in [1.54, 1.807) is 18.4 Å². The molecule has 1 aliphatic heterocycles. The van der Waals surface area contributed by atoms with Gasteiger partial charge >= 0.3 is 0 Å². The van der Waals surface area contributed by atoms with Crippen molar-refractivity contribution in [2.24, 2.45) is 5.73 Å². The van der Waals surface area contributed by atoms with Gasteiger partial charge in [-0.3, -0.25) is 4.79 Å². The highest BCUT2D eigenvalue weighted by atomic mass is 16.1. The molecule has 1 amide bonds. The number of hydrogen-bond acceptors (Lipinski definition) is 2. The lowest BCUT2D eigenvalue weighted by Gasteiger charge is -2.05. The first-order chi connectivity index (χ1) is 4.30. The summed E-state index contributed by atoms with van der Waals surface area (Å²) in [5.74, 6) is -0.355. The molecular weight excluding hydrogens is 116 g/mol. The number of dihydropyridines is 1. The van der Waals surface area contributed by atoms with Crippen molar-refractivity contribution in [3.63, 3.8) is 0 Å². The van der Waals surface area contributed by atoms with Gasteiger partial charge in [0.25, 0.3) is 0 Å². The van der Waals surface area contributed by atoms with Crippen molar-refractivity contribution in [3.05, 3.63) is 23.9 Å². The molecule has 1 aliphatic rings. The molecule has 3 nitrogen and oxygen atoms in total. The van der Waals surface area contributed by atoms with Gasteiger partial charge in [0.1, 0.15) is 0 Å². The van der Waals surface area contributed by atoms with E-state index in [4.69, 9.17) is 5.73 Å². The standard InChI is InChI=1S/C6H8N2O.H2/c7-6(9)5-2-1-3-8-4-5;/h1-3,8H,4H2,(H2,7,9);1H. The van der Waals surface area contributed by atoms with Gasteiger partial charge in [-0.1, -0.05) is 6.08 Å². The SMILES string of the molecule is NC(=O)C1=CC=CNC1.[HH]. The maximum atomic E-state index is 10.4. The molecule has 0 spiro atoms. The molecule has 3 heteroatoms. The van der Waals surface area contributed by atoms with Gasteiger partial charge in [0, 0.05) is 13.5 Å². The number of primary amides is 1. The number of nitrogens with one attached hydrogen (secondary N) is 1. The zero-order valence-electron chi connectivity index (χ0n) is 4.92. The quantitative estimate of drug-likeness (QED) is 0.509. The van der Waals surface area contributed by atoms with Gasteiger partial charge in [-0.05, 0) is 12.3 Å². The number of nitrogens with two attached hydrogens (primary N) is 1.